The fraction of sp³-hybridized carbons (Fsp3) is 0.923. The van der Waals surface area contributed by atoms with Crippen molar-refractivity contribution in [3.8, 4) is 0 Å². The van der Waals surface area contributed by atoms with Crippen LogP contribution in [0, 0.1) is 5.92 Å². The first-order valence-electron chi connectivity index (χ1n) is 6.60. The Balaban J connectivity index is 2.09. The summed E-state index contributed by atoms with van der Waals surface area (Å²) in [6, 6.07) is 0. The quantitative estimate of drug-likeness (QED) is 0.695. The van der Waals surface area contributed by atoms with Crippen LogP contribution in [-0.2, 0) is 9.53 Å². The summed E-state index contributed by atoms with van der Waals surface area (Å²) in [7, 11) is 1.79. The number of likely N-dealkylation sites (tertiary alicyclic amines) is 1. The second-order valence-electron chi connectivity index (χ2n) is 5.05. The van der Waals surface area contributed by atoms with Gasteiger partial charge in [0, 0.05) is 20.1 Å². The third-order valence-electron chi connectivity index (χ3n) is 3.64. The molecule has 0 spiro atoms. The van der Waals surface area contributed by atoms with Crippen LogP contribution in [0.25, 0.3) is 0 Å². The minimum absolute atomic E-state index is 0.303. The SMILES string of the molecule is COC1CN(CCCCCC(=O)O)CCC1C. The number of rotatable bonds is 7. The predicted molar refractivity (Wildman–Crippen MR) is 67.1 cm³/mol. The van der Waals surface area contributed by atoms with Crippen molar-refractivity contribution in [3.05, 3.63) is 0 Å². The molecule has 0 aromatic heterocycles. The summed E-state index contributed by atoms with van der Waals surface area (Å²) < 4.78 is 5.47. The summed E-state index contributed by atoms with van der Waals surface area (Å²) in [5.41, 5.74) is 0. The van der Waals surface area contributed by atoms with E-state index in [-0.39, 0.29) is 0 Å². The van der Waals surface area contributed by atoms with Crippen LogP contribution in [0.2, 0.25) is 0 Å². The highest BCUT2D eigenvalue weighted by molar-refractivity contribution is 5.66. The number of hydrogen-bond donors (Lipinski definition) is 1. The van der Waals surface area contributed by atoms with Crippen molar-refractivity contribution >= 4 is 5.97 Å². The van der Waals surface area contributed by atoms with Gasteiger partial charge in [0.15, 0.2) is 0 Å². The van der Waals surface area contributed by atoms with E-state index in [1.807, 2.05) is 0 Å². The third-order valence-corrected chi connectivity index (χ3v) is 3.64. The van der Waals surface area contributed by atoms with E-state index in [1.54, 1.807) is 7.11 Å². The molecule has 0 saturated carbocycles. The minimum atomic E-state index is -0.684. The molecule has 1 rings (SSSR count). The number of nitrogens with zero attached hydrogens (tertiary/aromatic N) is 1. The van der Waals surface area contributed by atoms with Crippen LogP contribution in [0.5, 0.6) is 0 Å². The second-order valence-corrected chi connectivity index (χ2v) is 5.05. The fourth-order valence-corrected chi connectivity index (χ4v) is 2.40. The van der Waals surface area contributed by atoms with Crippen LogP contribution in [0.15, 0.2) is 0 Å². The van der Waals surface area contributed by atoms with Gasteiger partial charge in [-0.05, 0) is 38.3 Å². The molecule has 17 heavy (non-hydrogen) atoms. The smallest absolute Gasteiger partial charge is 0.303 e. The van der Waals surface area contributed by atoms with Crippen molar-refractivity contribution in [1.29, 1.82) is 0 Å². The summed E-state index contributed by atoms with van der Waals surface area (Å²) in [6.07, 6.45) is 4.77. The maximum Gasteiger partial charge on any atom is 0.303 e. The Morgan fingerprint density at radius 2 is 2.18 bits per heavy atom. The van der Waals surface area contributed by atoms with Crippen LogP contribution in [0.3, 0.4) is 0 Å². The van der Waals surface area contributed by atoms with Gasteiger partial charge >= 0.3 is 5.97 Å². The lowest BCUT2D eigenvalue weighted by molar-refractivity contribution is -0.137. The van der Waals surface area contributed by atoms with Gasteiger partial charge < -0.3 is 14.7 Å². The molecule has 4 nitrogen and oxygen atoms in total. The van der Waals surface area contributed by atoms with E-state index in [4.69, 9.17) is 9.84 Å². The lowest BCUT2D eigenvalue weighted by atomic mass is 9.95. The van der Waals surface area contributed by atoms with Gasteiger partial charge in [0.2, 0.25) is 0 Å². The average molecular weight is 243 g/mol. The largest absolute Gasteiger partial charge is 0.481 e. The van der Waals surface area contributed by atoms with E-state index in [9.17, 15) is 4.79 Å². The molecule has 2 atom stereocenters. The van der Waals surface area contributed by atoms with E-state index in [0.29, 0.717) is 18.4 Å². The zero-order valence-corrected chi connectivity index (χ0v) is 11.0. The molecule has 1 N–H and O–H groups in total. The normalized spacial score (nSPS) is 26.0. The molecule has 0 bridgehead atoms. The van der Waals surface area contributed by atoms with Crippen LogP contribution in [0.1, 0.15) is 39.0 Å². The molecular weight excluding hydrogens is 218 g/mol. The van der Waals surface area contributed by atoms with Gasteiger partial charge in [-0.15, -0.1) is 0 Å². The lowest BCUT2D eigenvalue weighted by Crippen LogP contribution is -2.44. The molecule has 1 aliphatic rings. The second kappa shape index (κ2) is 7.67. The van der Waals surface area contributed by atoms with Crippen LogP contribution >= 0.6 is 0 Å². The summed E-state index contributed by atoms with van der Waals surface area (Å²) in [4.78, 5) is 12.8. The van der Waals surface area contributed by atoms with Crippen molar-refractivity contribution in [3.63, 3.8) is 0 Å². The molecule has 0 aromatic rings. The zero-order chi connectivity index (χ0) is 12.7. The number of piperidine rings is 1. The van der Waals surface area contributed by atoms with E-state index in [1.165, 1.54) is 6.42 Å². The molecule has 1 saturated heterocycles. The first-order valence-corrected chi connectivity index (χ1v) is 6.60. The van der Waals surface area contributed by atoms with Gasteiger partial charge in [-0.3, -0.25) is 4.79 Å². The van der Waals surface area contributed by atoms with E-state index in [2.05, 4.69) is 11.8 Å². The summed E-state index contributed by atoms with van der Waals surface area (Å²) in [6.45, 7) is 5.50. The molecule has 0 aliphatic carbocycles. The van der Waals surface area contributed by atoms with Gasteiger partial charge in [-0.25, -0.2) is 0 Å². The molecule has 1 fully saturated rings. The Kier molecular flexibility index (Phi) is 6.52. The van der Waals surface area contributed by atoms with Crippen molar-refractivity contribution < 1.29 is 14.6 Å². The zero-order valence-electron chi connectivity index (χ0n) is 11.0. The number of methoxy groups -OCH3 is 1. The van der Waals surface area contributed by atoms with Gasteiger partial charge in [-0.2, -0.15) is 0 Å². The van der Waals surface area contributed by atoms with Gasteiger partial charge in [-0.1, -0.05) is 13.3 Å². The average Bonchev–Trinajstić information content (AvgIpc) is 2.30. The topological polar surface area (TPSA) is 49.8 Å². The van der Waals surface area contributed by atoms with Gasteiger partial charge in [0.1, 0.15) is 0 Å². The molecule has 2 unspecified atom stereocenters. The summed E-state index contributed by atoms with van der Waals surface area (Å²) >= 11 is 0. The molecule has 0 aromatic carbocycles. The Labute approximate surface area is 104 Å². The molecule has 100 valence electrons. The monoisotopic (exact) mass is 243 g/mol. The highest BCUT2D eigenvalue weighted by atomic mass is 16.5. The maximum atomic E-state index is 10.4. The van der Waals surface area contributed by atoms with Crippen LogP contribution < -0.4 is 0 Å². The maximum absolute atomic E-state index is 10.4. The lowest BCUT2D eigenvalue weighted by Gasteiger charge is -2.36. The number of aliphatic carboxylic acids is 1. The van der Waals surface area contributed by atoms with Crippen molar-refractivity contribution in [2.24, 2.45) is 5.92 Å². The standard InChI is InChI=1S/C13H25NO3/c1-11-7-9-14(10-12(11)17-2)8-5-3-4-6-13(15)16/h11-12H,3-10H2,1-2H3,(H,15,16). The number of ether oxygens (including phenoxy) is 1. The van der Waals surface area contributed by atoms with Crippen LogP contribution in [-0.4, -0.2) is 48.8 Å². The minimum Gasteiger partial charge on any atom is -0.481 e. The van der Waals surface area contributed by atoms with Crippen LogP contribution in [0.4, 0.5) is 0 Å². The van der Waals surface area contributed by atoms with E-state index < -0.39 is 5.97 Å². The van der Waals surface area contributed by atoms with Gasteiger partial charge in [0.25, 0.3) is 0 Å². The Hall–Kier alpha value is -0.610. The van der Waals surface area contributed by atoms with Gasteiger partial charge in [0.05, 0.1) is 6.10 Å². The molecule has 1 heterocycles. The summed E-state index contributed by atoms with van der Waals surface area (Å²) in [5, 5.41) is 8.53. The molecule has 4 heteroatoms. The molecular formula is C13H25NO3. The van der Waals surface area contributed by atoms with Crippen molar-refractivity contribution in [1.82, 2.24) is 4.90 Å². The van der Waals surface area contributed by atoms with E-state index >= 15 is 0 Å². The summed E-state index contributed by atoms with van der Waals surface area (Å²) in [5.74, 6) is -0.0282. The fourth-order valence-electron chi connectivity index (χ4n) is 2.40. The Morgan fingerprint density at radius 1 is 1.41 bits per heavy atom. The predicted octanol–water partition coefficient (Wildman–Crippen LogP) is 1.99. The first-order chi connectivity index (χ1) is 8.13. The number of carboxylic acid groups (broad SMARTS) is 1. The third kappa shape index (κ3) is 5.50. The Bertz CT molecular complexity index is 233. The molecule has 1 aliphatic heterocycles. The number of hydrogen-bond acceptors (Lipinski definition) is 3. The molecule has 0 radical (unpaired) electrons. The Morgan fingerprint density at radius 3 is 2.82 bits per heavy atom. The highest BCUT2D eigenvalue weighted by Gasteiger charge is 2.25. The number of carbonyl (C=O) groups is 1. The first kappa shape index (κ1) is 14.5. The van der Waals surface area contributed by atoms with E-state index in [0.717, 1.165) is 38.9 Å². The van der Waals surface area contributed by atoms with Crippen molar-refractivity contribution in [2.45, 2.75) is 45.1 Å². The highest BCUT2D eigenvalue weighted by Crippen LogP contribution is 2.19. The number of unbranched alkanes of at least 4 members (excludes halogenated alkanes) is 2. The molecule has 0 amide bonds. The number of carboxylic acids is 1. The van der Waals surface area contributed by atoms with Crippen molar-refractivity contribution in [2.75, 3.05) is 26.7 Å².